The van der Waals surface area contributed by atoms with Crippen LogP contribution in [-0.4, -0.2) is 49.1 Å². The van der Waals surface area contributed by atoms with Crippen LogP contribution in [0.4, 0.5) is 0 Å². The minimum absolute atomic E-state index is 0.176. The van der Waals surface area contributed by atoms with Crippen molar-refractivity contribution in [3.8, 4) is 0 Å². The van der Waals surface area contributed by atoms with Crippen LogP contribution in [0.15, 0.2) is 0 Å². The minimum atomic E-state index is -3.71. The van der Waals surface area contributed by atoms with Crippen molar-refractivity contribution >= 4 is 33.2 Å². The Morgan fingerprint density at radius 3 is 2.41 bits per heavy atom. The van der Waals surface area contributed by atoms with Crippen LogP contribution in [0.5, 0.6) is 0 Å². The maximum Gasteiger partial charge on any atom is 0.325 e. The van der Waals surface area contributed by atoms with Crippen molar-refractivity contribution in [2.24, 2.45) is 5.73 Å². The first-order chi connectivity index (χ1) is 7.77. The largest absolute Gasteiger partial charge is 0.468 e. The van der Waals surface area contributed by atoms with Gasteiger partial charge in [-0.25, -0.2) is 12.7 Å². The predicted octanol–water partition coefficient (Wildman–Crippen LogP) is -0.124. The molecule has 0 heterocycles. The number of ether oxygens (including phenoxy) is 1. The lowest BCUT2D eigenvalue weighted by Gasteiger charge is -2.23. The van der Waals surface area contributed by atoms with Crippen LogP contribution in [0.25, 0.3) is 0 Å². The van der Waals surface area contributed by atoms with E-state index in [-0.39, 0.29) is 24.5 Å². The van der Waals surface area contributed by atoms with Crippen LogP contribution < -0.4 is 5.73 Å². The molecule has 0 rings (SSSR count). The van der Waals surface area contributed by atoms with Gasteiger partial charge in [0.15, 0.2) is 5.25 Å². The third-order valence-electron chi connectivity index (χ3n) is 2.30. The fourth-order valence-electron chi connectivity index (χ4n) is 1.21. The zero-order chi connectivity index (χ0) is 13.6. The number of hydrogen-bond acceptors (Lipinski definition) is 5. The maximum absolute atomic E-state index is 12.0. The lowest BCUT2D eigenvalue weighted by molar-refractivity contribution is -0.139. The Bertz CT molecular complexity index is 380. The van der Waals surface area contributed by atoms with Crippen LogP contribution in [0.2, 0.25) is 0 Å². The Hall–Kier alpha value is -0.730. The summed E-state index contributed by atoms with van der Waals surface area (Å²) in [6.07, 6.45) is 0.288. The number of carbonyl (C=O) groups excluding carboxylic acids is 1. The number of carbonyl (C=O) groups is 1. The summed E-state index contributed by atoms with van der Waals surface area (Å²) in [4.78, 5) is 11.5. The van der Waals surface area contributed by atoms with Crippen molar-refractivity contribution in [1.82, 2.24) is 4.31 Å². The highest BCUT2D eigenvalue weighted by molar-refractivity contribution is 7.90. The Morgan fingerprint density at radius 2 is 2.06 bits per heavy atom. The van der Waals surface area contributed by atoms with Crippen LogP contribution in [0.3, 0.4) is 0 Å². The van der Waals surface area contributed by atoms with Crippen molar-refractivity contribution in [2.75, 3.05) is 20.2 Å². The van der Waals surface area contributed by atoms with Crippen molar-refractivity contribution in [2.45, 2.75) is 25.5 Å². The summed E-state index contributed by atoms with van der Waals surface area (Å²) < 4.78 is 29.6. The molecule has 1 unspecified atom stereocenters. The number of sulfonamides is 1. The molecule has 8 heteroatoms. The van der Waals surface area contributed by atoms with Gasteiger partial charge in [-0.15, -0.1) is 0 Å². The standard InChI is InChI=1S/C9H18N2O4S2/c1-4-11(6-5-8(10)16)17(13,14)7(2)9(12)15-3/h7H,4-6H2,1-3H3,(H2,10,16). The molecule has 0 amide bonds. The van der Waals surface area contributed by atoms with Gasteiger partial charge in [-0.1, -0.05) is 19.1 Å². The second kappa shape index (κ2) is 6.87. The Labute approximate surface area is 107 Å². The van der Waals surface area contributed by atoms with Gasteiger partial charge in [0.1, 0.15) is 0 Å². The van der Waals surface area contributed by atoms with E-state index in [0.717, 1.165) is 7.11 Å². The average molecular weight is 282 g/mol. The number of rotatable bonds is 7. The Kier molecular flexibility index (Phi) is 6.58. The van der Waals surface area contributed by atoms with E-state index in [0.29, 0.717) is 0 Å². The maximum atomic E-state index is 12.0. The first-order valence-corrected chi connectivity index (χ1v) is 7.03. The zero-order valence-corrected chi connectivity index (χ0v) is 11.8. The minimum Gasteiger partial charge on any atom is -0.468 e. The van der Waals surface area contributed by atoms with Gasteiger partial charge in [0, 0.05) is 19.5 Å². The molecule has 0 spiro atoms. The van der Waals surface area contributed by atoms with E-state index in [1.54, 1.807) is 6.92 Å². The predicted molar refractivity (Wildman–Crippen MR) is 69.0 cm³/mol. The molecule has 0 aliphatic heterocycles. The molecule has 0 aromatic carbocycles. The summed E-state index contributed by atoms with van der Waals surface area (Å²) in [5.41, 5.74) is 5.32. The summed E-state index contributed by atoms with van der Waals surface area (Å²) in [7, 11) is -2.56. The van der Waals surface area contributed by atoms with E-state index in [1.807, 2.05) is 0 Å². The second-order valence-corrected chi connectivity index (χ2v) is 6.20. The van der Waals surface area contributed by atoms with Gasteiger partial charge in [0.05, 0.1) is 12.1 Å². The number of thiocarbonyl (C=S) groups is 1. The highest BCUT2D eigenvalue weighted by Crippen LogP contribution is 2.11. The molecule has 0 fully saturated rings. The first kappa shape index (κ1) is 16.3. The van der Waals surface area contributed by atoms with Crippen molar-refractivity contribution < 1.29 is 17.9 Å². The molecule has 0 aromatic rings. The van der Waals surface area contributed by atoms with Crippen LogP contribution in [0.1, 0.15) is 20.3 Å². The van der Waals surface area contributed by atoms with Gasteiger partial charge < -0.3 is 10.5 Å². The molecule has 6 nitrogen and oxygen atoms in total. The quantitative estimate of drug-likeness (QED) is 0.517. The Morgan fingerprint density at radius 1 is 1.53 bits per heavy atom. The van der Waals surface area contributed by atoms with Crippen LogP contribution in [0, 0.1) is 0 Å². The van der Waals surface area contributed by atoms with Crippen molar-refractivity contribution in [1.29, 1.82) is 0 Å². The van der Waals surface area contributed by atoms with E-state index >= 15 is 0 Å². The summed E-state index contributed by atoms with van der Waals surface area (Å²) in [5.74, 6) is -0.779. The molecule has 17 heavy (non-hydrogen) atoms. The van der Waals surface area contributed by atoms with Gasteiger partial charge in [-0.2, -0.15) is 0 Å². The third-order valence-corrected chi connectivity index (χ3v) is 4.75. The zero-order valence-electron chi connectivity index (χ0n) is 10.2. The number of methoxy groups -OCH3 is 1. The molecule has 0 saturated heterocycles. The molecule has 100 valence electrons. The molecule has 2 N–H and O–H groups in total. The molecule has 0 aliphatic rings. The van der Waals surface area contributed by atoms with Crippen molar-refractivity contribution in [3.63, 3.8) is 0 Å². The molecule has 0 radical (unpaired) electrons. The number of nitrogens with two attached hydrogens (primary N) is 1. The second-order valence-electron chi connectivity index (χ2n) is 3.42. The summed E-state index contributed by atoms with van der Waals surface area (Å²) in [5, 5.41) is -1.22. The molecule has 0 aliphatic carbocycles. The van der Waals surface area contributed by atoms with Gasteiger partial charge in [-0.05, 0) is 6.92 Å². The summed E-state index contributed by atoms with van der Waals surface area (Å²) in [6.45, 7) is 3.41. The number of esters is 1. The van der Waals surface area contributed by atoms with E-state index in [2.05, 4.69) is 17.0 Å². The monoisotopic (exact) mass is 282 g/mol. The molecule has 1 atom stereocenters. The highest BCUT2D eigenvalue weighted by atomic mass is 32.2. The van der Waals surface area contributed by atoms with E-state index in [1.165, 1.54) is 11.2 Å². The van der Waals surface area contributed by atoms with Crippen LogP contribution in [-0.2, 0) is 19.6 Å². The van der Waals surface area contributed by atoms with Gasteiger partial charge in [0.2, 0.25) is 10.0 Å². The first-order valence-electron chi connectivity index (χ1n) is 5.12. The van der Waals surface area contributed by atoms with Gasteiger partial charge in [-0.3, -0.25) is 4.79 Å². The topological polar surface area (TPSA) is 89.7 Å². The highest BCUT2D eigenvalue weighted by Gasteiger charge is 2.33. The van der Waals surface area contributed by atoms with Gasteiger partial charge >= 0.3 is 5.97 Å². The lowest BCUT2D eigenvalue weighted by Crippen LogP contribution is -2.42. The fourth-order valence-corrected chi connectivity index (χ4v) is 2.79. The number of nitrogens with zero attached hydrogens (tertiary/aromatic N) is 1. The van der Waals surface area contributed by atoms with E-state index in [4.69, 9.17) is 5.73 Å². The molecular weight excluding hydrogens is 264 g/mol. The van der Waals surface area contributed by atoms with E-state index in [9.17, 15) is 13.2 Å². The SMILES string of the molecule is CCN(CCC(N)=S)S(=O)(=O)C(C)C(=O)OC. The van der Waals surface area contributed by atoms with E-state index < -0.39 is 21.2 Å². The lowest BCUT2D eigenvalue weighted by atomic mass is 10.4. The smallest absolute Gasteiger partial charge is 0.325 e. The average Bonchev–Trinajstić information content (AvgIpc) is 2.26. The normalized spacial score (nSPS) is 13.4. The Balaban J connectivity index is 4.86. The number of hydrogen-bond donors (Lipinski definition) is 1. The molecule has 0 saturated carbocycles. The van der Waals surface area contributed by atoms with Crippen LogP contribution >= 0.6 is 12.2 Å². The van der Waals surface area contributed by atoms with Gasteiger partial charge in [0.25, 0.3) is 0 Å². The summed E-state index contributed by atoms with van der Waals surface area (Å²) in [6, 6.07) is 0. The third kappa shape index (κ3) is 4.57. The summed E-state index contributed by atoms with van der Waals surface area (Å²) >= 11 is 4.69. The fraction of sp³-hybridized carbons (Fsp3) is 0.778. The molecule has 0 aromatic heterocycles. The van der Waals surface area contributed by atoms with Crippen molar-refractivity contribution in [3.05, 3.63) is 0 Å². The molecule has 0 bridgehead atoms. The molecular formula is C9H18N2O4S2.